The lowest BCUT2D eigenvalue weighted by Crippen LogP contribution is -2.09. The summed E-state index contributed by atoms with van der Waals surface area (Å²) in [6, 6.07) is 121. The summed E-state index contributed by atoms with van der Waals surface area (Å²) in [6.07, 6.45) is -4.33. The maximum absolute atomic E-state index is 14.3. The highest BCUT2D eigenvalue weighted by Crippen LogP contribution is 2.40. The van der Waals surface area contributed by atoms with Crippen LogP contribution >= 0.6 is 94.2 Å². The number of hydrogen-bond acceptors (Lipinski definition) is 0. The predicted octanol–water partition coefficient (Wildman–Crippen LogP) is 30.6. The largest absolute Gasteiger partial charge is 0.416 e. The van der Waals surface area contributed by atoms with Gasteiger partial charge in [-0.3, -0.25) is 0 Å². The molecule has 15 aromatic rings. The van der Waals surface area contributed by atoms with Crippen LogP contribution in [0.1, 0.15) is 11.1 Å². The number of hydrogen-bond donors (Lipinski definition) is 0. The SMILES string of the molecule is Brc1ccc([S+](c2ccc(Br)cc2)c2ccc(Br)cc2)cc1.Cc1ccc([S+](c2ccc(Cl)cc2)c2ccc(Cl)cc2)cc1.FC(F)(F)c1cccc([S+](c2ccccc2)c2ccccc2)c1.Fc1ccc(F)c([S+](c2ccc(Cl)cc2)c2ccc(Cl)cc2)c1.Fc1ccc([S+](c2ccccc2)c2ccccc2)cc1. The summed E-state index contributed by atoms with van der Waals surface area (Å²) in [5.41, 5.74) is 0.652. The summed E-state index contributed by atoms with van der Waals surface area (Å²) in [5.74, 6) is -1.11. The average Bonchev–Trinajstić information content (AvgIpc) is 0.819. The van der Waals surface area contributed by atoms with Crippen molar-refractivity contribution in [3.05, 3.63) is 444 Å². The van der Waals surface area contributed by atoms with Crippen LogP contribution in [-0.2, 0) is 60.7 Å². The van der Waals surface area contributed by atoms with E-state index in [1.165, 1.54) is 75.1 Å². The van der Waals surface area contributed by atoms with Gasteiger partial charge in [-0.2, -0.15) is 13.2 Å². The normalized spacial score (nSPS) is 11.0. The molecule has 0 unspecified atom stereocenters. The van der Waals surface area contributed by atoms with E-state index in [0.29, 0.717) is 19.8 Å². The van der Waals surface area contributed by atoms with Crippen molar-refractivity contribution in [2.75, 3.05) is 0 Å². The van der Waals surface area contributed by atoms with Crippen LogP contribution < -0.4 is 0 Å². The standard InChI is InChI=1S/C19H15Cl2S.C19H14F3S.C18H12Br3S.C18H11Cl2F2S.C18H14FS/c1-14-2-8-17(9-3-14)22(18-10-4-15(20)5-11-18)19-12-6-16(21)7-13-19;20-19(21,22)15-8-7-13-18(14-15)23(16-9-3-1-4-10-16)17-11-5-2-6-12-17;19-13-1-7-16(8-2-13)22(17-9-3-14(20)4-10-17)18-11-5-15(21)6-12-18;19-12-1-6-15(7-2-12)23(16-8-3-13(20)4-9-16)18-11-14(21)5-10-17(18)22;19-15-11-13-18(14-12-15)20(16-7-3-1-4-8-16)17-9-5-2-6-10-17/h2-13H,1H3;1-14H;1-12H;1-11H;1-14H/q5*+1. The third-order valence-electron chi connectivity index (χ3n) is 16.1. The highest BCUT2D eigenvalue weighted by atomic mass is 79.9. The molecule has 0 bridgehead atoms. The monoisotopic (exact) mass is 1820 g/mol. The fraction of sp³-hybridized carbons (Fsp3) is 0.0217. The second-order valence-electron chi connectivity index (χ2n) is 23.8. The third-order valence-corrected chi connectivity index (χ3v) is 29.8. The average molecular weight is 1830 g/mol. The molecule has 0 aliphatic heterocycles. The molecule has 0 fully saturated rings. The van der Waals surface area contributed by atoms with E-state index in [0.717, 1.165) is 66.1 Å². The van der Waals surface area contributed by atoms with Gasteiger partial charge in [0.2, 0.25) is 4.90 Å². The van der Waals surface area contributed by atoms with E-state index in [4.69, 9.17) is 46.4 Å². The van der Waals surface area contributed by atoms with E-state index in [2.05, 4.69) is 200 Å². The summed E-state index contributed by atoms with van der Waals surface area (Å²) in [6.45, 7) is 2.10. The Bertz CT molecular complexity index is 4850. The molecule has 0 saturated heterocycles. The lowest BCUT2D eigenvalue weighted by atomic mass is 10.2. The van der Waals surface area contributed by atoms with Crippen LogP contribution in [0, 0.1) is 24.4 Å². The molecule has 0 atom stereocenters. The Labute approximate surface area is 698 Å². The Morgan fingerprint density at radius 1 is 0.236 bits per heavy atom. The van der Waals surface area contributed by atoms with Crippen molar-refractivity contribution in [3.63, 3.8) is 0 Å². The molecule has 0 amide bonds. The number of halogens is 13. The van der Waals surface area contributed by atoms with Crippen molar-refractivity contribution in [1.82, 2.24) is 0 Å². The minimum Gasteiger partial charge on any atom is -0.207 e. The summed E-state index contributed by atoms with van der Waals surface area (Å²) < 4.78 is 83.6. The molecule has 110 heavy (non-hydrogen) atoms. The summed E-state index contributed by atoms with van der Waals surface area (Å²) >= 11 is 34.5. The van der Waals surface area contributed by atoms with Crippen molar-refractivity contribution in [2.24, 2.45) is 0 Å². The van der Waals surface area contributed by atoms with E-state index >= 15 is 0 Å². The number of benzene rings is 15. The fourth-order valence-corrected chi connectivity index (χ4v) is 22.6. The van der Waals surface area contributed by atoms with Crippen LogP contribution in [0.25, 0.3) is 0 Å². The van der Waals surface area contributed by atoms with E-state index < -0.39 is 45.2 Å². The molecule has 0 spiro atoms. The van der Waals surface area contributed by atoms with Crippen LogP contribution in [0.4, 0.5) is 26.3 Å². The molecule has 0 nitrogen and oxygen atoms in total. The van der Waals surface area contributed by atoms with Gasteiger partial charge in [0.15, 0.2) is 74.4 Å². The molecule has 550 valence electrons. The smallest absolute Gasteiger partial charge is 0.207 e. The van der Waals surface area contributed by atoms with Crippen LogP contribution in [0.15, 0.2) is 469 Å². The summed E-state index contributed by atoms with van der Waals surface area (Å²) in [7, 11) is -1.79. The van der Waals surface area contributed by atoms with Crippen molar-refractivity contribution < 1.29 is 26.3 Å². The molecule has 0 N–H and O–H groups in total. The van der Waals surface area contributed by atoms with Gasteiger partial charge in [-0.25, -0.2) is 13.2 Å². The first-order valence-corrected chi connectivity index (χ1v) is 43.9. The quantitative estimate of drug-likeness (QED) is 0.0709. The van der Waals surface area contributed by atoms with E-state index in [-0.39, 0.29) is 38.5 Å². The van der Waals surface area contributed by atoms with Gasteiger partial charge in [0.05, 0.1) is 49.1 Å². The minimum atomic E-state index is -4.33. The van der Waals surface area contributed by atoms with Gasteiger partial charge in [0, 0.05) is 45.6 Å². The number of rotatable bonds is 15. The number of alkyl halides is 3. The lowest BCUT2D eigenvalue weighted by molar-refractivity contribution is -0.137. The third kappa shape index (κ3) is 23.9. The zero-order chi connectivity index (χ0) is 77.5. The molecule has 0 aliphatic rings. The highest BCUT2D eigenvalue weighted by molar-refractivity contribution is 9.11. The molecule has 0 aliphatic carbocycles. The second kappa shape index (κ2) is 41.1. The maximum atomic E-state index is 14.3. The van der Waals surface area contributed by atoms with Gasteiger partial charge in [0.25, 0.3) is 0 Å². The predicted molar refractivity (Wildman–Crippen MR) is 460 cm³/mol. The van der Waals surface area contributed by atoms with Crippen molar-refractivity contribution in [3.8, 4) is 0 Å². The van der Waals surface area contributed by atoms with Gasteiger partial charge in [0.1, 0.15) is 22.5 Å². The zero-order valence-corrected chi connectivity index (χ0v) is 70.2. The van der Waals surface area contributed by atoms with E-state index in [1.54, 1.807) is 30.3 Å². The molecular formula is C92H66Br3Cl4F6S5+5. The first-order chi connectivity index (χ1) is 53.2. The van der Waals surface area contributed by atoms with E-state index in [1.807, 2.05) is 158 Å². The Balaban J connectivity index is 0.000000136. The molecular weight excluding hydrogens is 1760 g/mol. The lowest BCUT2D eigenvalue weighted by Gasteiger charge is -2.10. The van der Waals surface area contributed by atoms with Gasteiger partial charge in [-0.1, -0.05) is 191 Å². The Kier molecular flexibility index (Phi) is 31.1. The van der Waals surface area contributed by atoms with Crippen LogP contribution in [-0.4, -0.2) is 0 Å². The topological polar surface area (TPSA) is 0 Å². The molecule has 15 rings (SSSR count). The number of aryl methyl sites for hydroxylation is 1. The van der Waals surface area contributed by atoms with Gasteiger partial charge >= 0.3 is 6.18 Å². The summed E-state index contributed by atoms with van der Waals surface area (Å²) in [5, 5.41) is 2.70. The minimum absolute atomic E-state index is 0.102. The molecule has 0 radical (unpaired) electrons. The van der Waals surface area contributed by atoms with Crippen molar-refractivity contribution >= 4 is 149 Å². The molecule has 18 heteroatoms. The highest BCUT2D eigenvalue weighted by Gasteiger charge is 2.37. The first kappa shape index (κ1) is 83.2. The fourth-order valence-electron chi connectivity index (χ4n) is 10.9. The Hall–Kier alpha value is -7.77. The van der Waals surface area contributed by atoms with Crippen LogP contribution in [0.2, 0.25) is 20.1 Å². The maximum Gasteiger partial charge on any atom is 0.416 e. The van der Waals surface area contributed by atoms with Gasteiger partial charge < -0.3 is 0 Å². The van der Waals surface area contributed by atoms with Gasteiger partial charge in [-0.15, -0.1) is 0 Å². The molecule has 0 saturated carbocycles. The van der Waals surface area contributed by atoms with E-state index in [9.17, 15) is 26.3 Å². The van der Waals surface area contributed by atoms with Crippen LogP contribution in [0.3, 0.4) is 0 Å². The van der Waals surface area contributed by atoms with Gasteiger partial charge in [-0.05, 0) is 286 Å². The second-order valence-corrected chi connectivity index (χ2v) is 38.4. The Morgan fingerprint density at radius 2 is 0.473 bits per heavy atom. The van der Waals surface area contributed by atoms with Crippen LogP contribution in [0.5, 0.6) is 0 Å². The summed E-state index contributed by atoms with van der Waals surface area (Å²) in [4.78, 5) is 16.0. The Morgan fingerprint density at radius 3 is 0.773 bits per heavy atom. The van der Waals surface area contributed by atoms with Crippen molar-refractivity contribution in [2.45, 2.75) is 86.5 Å². The molecule has 15 aromatic carbocycles. The first-order valence-electron chi connectivity index (χ1n) is 33.9. The van der Waals surface area contributed by atoms with Crippen molar-refractivity contribution in [1.29, 1.82) is 0 Å². The molecule has 0 aromatic heterocycles. The zero-order valence-electron chi connectivity index (χ0n) is 58.3. The molecule has 0 heterocycles.